The van der Waals surface area contributed by atoms with Crippen molar-refractivity contribution in [2.75, 3.05) is 45.2 Å². The second-order valence-corrected chi connectivity index (χ2v) is 6.99. The molecule has 0 bridgehead atoms. The molecule has 1 heterocycles. The lowest BCUT2D eigenvalue weighted by molar-refractivity contribution is -0.117. The molecule has 1 amide bonds. The van der Waals surface area contributed by atoms with Crippen molar-refractivity contribution in [3.63, 3.8) is 0 Å². The van der Waals surface area contributed by atoms with Gasteiger partial charge in [-0.15, -0.1) is 0 Å². The molecule has 0 atom stereocenters. The Kier molecular flexibility index (Phi) is 7.01. The number of benzene rings is 2. The van der Waals surface area contributed by atoms with Crippen LogP contribution in [0.25, 0.3) is 0 Å². The SMILES string of the molecule is COc1ccc(NC(=O)CN2CCCN(Cc3ccc(C#N)cc3)CC2)cc1. The molecule has 1 aliphatic rings. The maximum absolute atomic E-state index is 12.4. The quantitative estimate of drug-likeness (QED) is 0.837. The summed E-state index contributed by atoms with van der Waals surface area (Å²) in [4.78, 5) is 17.0. The molecule has 6 heteroatoms. The van der Waals surface area contributed by atoms with Crippen molar-refractivity contribution >= 4 is 11.6 Å². The summed E-state index contributed by atoms with van der Waals surface area (Å²) in [7, 11) is 1.62. The highest BCUT2D eigenvalue weighted by Gasteiger charge is 2.17. The molecule has 6 nitrogen and oxygen atoms in total. The van der Waals surface area contributed by atoms with Gasteiger partial charge in [0.25, 0.3) is 0 Å². The van der Waals surface area contributed by atoms with Gasteiger partial charge >= 0.3 is 0 Å². The number of carbonyl (C=O) groups excluding carboxylic acids is 1. The van der Waals surface area contributed by atoms with Gasteiger partial charge in [-0.1, -0.05) is 12.1 Å². The summed E-state index contributed by atoms with van der Waals surface area (Å²) in [6.45, 7) is 4.99. The van der Waals surface area contributed by atoms with Gasteiger partial charge in [-0.2, -0.15) is 5.26 Å². The van der Waals surface area contributed by atoms with Crippen LogP contribution in [0, 0.1) is 11.3 Å². The fraction of sp³-hybridized carbons (Fsp3) is 0.364. The van der Waals surface area contributed by atoms with E-state index in [1.54, 1.807) is 7.11 Å². The number of nitriles is 1. The van der Waals surface area contributed by atoms with Gasteiger partial charge in [-0.3, -0.25) is 14.6 Å². The third-order valence-corrected chi connectivity index (χ3v) is 4.91. The van der Waals surface area contributed by atoms with Crippen molar-refractivity contribution in [1.82, 2.24) is 9.80 Å². The van der Waals surface area contributed by atoms with E-state index < -0.39 is 0 Å². The zero-order valence-corrected chi connectivity index (χ0v) is 16.2. The van der Waals surface area contributed by atoms with Gasteiger partial charge in [-0.05, 0) is 61.5 Å². The molecule has 0 unspecified atom stereocenters. The first-order chi connectivity index (χ1) is 13.7. The normalized spacial score (nSPS) is 15.4. The molecule has 1 N–H and O–H groups in total. The molecule has 0 spiro atoms. The standard InChI is InChI=1S/C22H26N4O2/c1-28-21-9-7-20(8-10-21)24-22(27)17-26-12-2-11-25(13-14-26)16-19-5-3-18(15-23)4-6-19/h3-10H,2,11-14,16-17H2,1H3,(H,24,27). The number of amides is 1. The summed E-state index contributed by atoms with van der Waals surface area (Å²) in [6, 6.07) is 17.3. The topological polar surface area (TPSA) is 68.6 Å². The Hall–Kier alpha value is -2.88. The van der Waals surface area contributed by atoms with E-state index >= 15 is 0 Å². The fourth-order valence-electron chi connectivity index (χ4n) is 3.36. The van der Waals surface area contributed by atoms with E-state index in [-0.39, 0.29) is 5.91 Å². The lowest BCUT2D eigenvalue weighted by Crippen LogP contribution is -2.36. The van der Waals surface area contributed by atoms with E-state index in [0.29, 0.717) is 12.1 Å². The van der Waals surface area contributed by atoms with Crippen LogP contribution in [0.1, 0.15) is 17.5 Å². The number of nitrogens with one attached hydrogen (secondary N) is 1. The molecule has 28 heavy (non-hydrogen) atoms. The largest absolute Gasteiger partial charge is 0.497 e. The van der Waals surface area contributed by atoms with E-state index in [2.05, 4.69) is 21.2 Å². The minimum atomic E-state index is 0.00529. The van der Waals surface area contributed by atoms with Crippen molar-refractivity contribution in [2.45, 2.75) is 13.0 Å². The monoisotopic (exact) mass is 378 g/mol. The Labute approximate surface area is 166 Å². The molecule has 0 radical (unpaired) electrons. The number of nitrogens with zero attached hydrogens (tertiary/aromatic N) is 3. The molecule has 2 aromatic rings. The van der Waals surface area contributed by atoms with E-state index in [9.17, 15) is 4.79 Å². The average Bonchev–Trinajstić information content (AvgIpc) is 2.94. The third-order valence-electron chi connectivity index (χ3n) is 4.91. The Bertz CT molecular complexity index is 812. The lowest BCUT2D eigenvalue weighted by atomic mass is 10.1. The van der Waals surface area contributed by atoms with E-state index in [0.717, 1.165) is 50.6 Å². The zero-order valence-electron chi connectivity index (χ0n) is 16.2. The first kappa shape index (κ1) is 19.9. The van der Waals surface area contributed by atoms with Crippen molar-refractivity contribution in [3.05, 3.63) is 59.7 Å². The second-order valence-electron chi connectivity index (χ2n) is 6.99. The van der Waals surface area contributed by atoms with Gasteiger partial charge in [0.1, 0.15) is 5.75 Å². The van der Waals surface area contributed by atoms with Gasteiger partial charge < -0.3 is 10.1 Å². The minimum absolute atomic E-state index is 0.00529. The van der Waals surface area contributed by atoms with Gasteiger partial charge in [0.15, 0.2) is 0 Å². The number of ether oxygens (including phenoxy) is 1. The zero-order chi connectivity index (χ0) is 19.8. The molecule has 3 rings (SSSR count). The molecule has 0 aliphatic carbocycles. The van der Waals surface area contributed by atoms with E-state index in [1.807, 2.05) is 48.5 Å². The molecule has 0 aromatic heterocycles. The first-order valence-corrected chi connectivity index (χ1v) is 9.54. The minimum Gasteiger partial charge on any atom is -0.497 e. The summed E-state index contributed by atoms with van der Waals surface area (Å²) in [5.74, 6) is 0.776. The Balaban J connectivity index is 1.46. The highest BCUT2D eigenvalue weighted by atomic mass is 16.5. The van der Waals surface area contributed by atoms with E-state index in [1.165, 1.54) is 5.56 Å². The van der Waals surface area contributed by atoms with Crippen LogP contribution in [0.4, 0.5) is 5.69 Å². The van der Waals surface area contributed by atoms with Crippen molar-refractivity contribution in [1.29, 1.82) is 5.26 Å². The number of rotatable bonds is 6. The summed E-state index contributed by atoms with van der Waals surface area (Å²) < 4.78 is 5.13. The molecule has 1 saturated heterocycles. The first-order valence-electron chi connectivity index (χ1n) is 9.54. The van der Waals surface area contributed by atoms with Crippen LogP contribution in [-0.2, 0) is 11.3 Å². The van der Waals surface area contributed by atoms with Gasteiger partial charge in [0, 0.05) is 25.3 Å². The average molecular weight is 378 g/mol. The predicted octanol–water partition coefficient (Wildman–Crippen LogP) is 2.71. The maximum atomic E-state index is 12.4. The Morgan fingerprint density at radius 2 is 1.71 bits per heavy atom. The fourth-order valence-corrected chi connectivity index (χ4v) is 3.36. The highest BCUT2D eigenvalue weighted by molar-refractivity contribution is 5.92. The van der Waals surface area contributed by atoms with Crippen molar-refractivity contribution < 1.29 is 9.53 Å². The molecule has 146 valence electrons. The highest BCUT2D eigenvalue weighted by Crippen LogP contribution is 2.15. The summed E-state index contributed by atoms with van der Waals surface area (Å²) in [5.41, 5.74) is 2.68. The maximum Gasteiger partial charge on any atom is 0.238 e. The number of anilines is 1. The second kappa shape index (κ2) is 9.88. The Morgan fingerprint density at radius 3 is 2.39 bits per heavy atom. The number of hydrogen-bond donors (Lipinski definition) is 1. The van der Waals surface area contributed by atoms with Crippen molar-refractivity contribution in [2.24, 2.45) is 0 Å². The van der Waals surface area contributed by atoms with Crippen LogP contribution in [0.3, 0.4) is 0 Å². The lowest BCUT2D eigenvalue weighted by Gasteiger charge is -2.21. The summed E-state index contributed by atoms with van der Waals surface area (Å²) in [5, 5.41) is 11.8. The van der Waals surface area contributed by atoms with Crippen LogP contribution in [0.2, 0.25) is 0 Å². The third kappa shape index (κ3) is 5.81. The van der Waals surface area contributed by atoms with Gasteiger partial charge in [0.05, 0.1) is 25.3 Å². The van der Waals surface area contributed by atoms with Crippen LogP contribution < -0.4 is 10.1 Å². The predicted molar refractivity (Wildman–Crippen MR) is 109 cm³/mol. The van der Waals surface area contributed by atoms with Crippen LogP contribution in [0.5, 0.6) is 5.75 Å². The number of carbonyl (C=O) groups is 1. The summed E-state index contributed by atoms with van der Waals surface area (Å²) in [6.07, 6.45) is 1.03. The number of methoxy groups -OCH3 is 1. The van der Waals surface area contributed by atoms with Crippen molar-refractivity contribution in [3.8, 4) is 11.8 Å². The molecule has 0 saturated carbocycles. The van der Waals surface area contributed by atoms with Gasteiger partial charge in [-0.25, -0.2) is 0 Å². The Morgan fingerprint density at radius 1 is 1.04 bits per heavy atom. The molecular formula is C22H26N4O2. The van der Waals surface area contributed by atoms with Gasteiger partial charge in [0.2, 0.25) is 5.91 Å². The van der Waals surface area contributed by atoms with Crippen LogP contribution in [-0.4, -0.2) is 55.5 Å². The molecule has 1 fully saturated rings. The van der Waals surface area contributed by atoms with E-state index in [4.69, 9.17) is 10.00 Å². The van der Waals surface area contributed by atoms with Crippen LogP contribution >= 0.6 is 0 Å². The summed E-state index contributed by atoms with van der Waals surface area (Å²) >= 11 is 0. The molecule has 2 aromatic carbocycles. The van der Waals surface area contributed by atoms with Crippen LogP contribution in [0.15, 0.2) is 48.5 Å². The smallest absolute Gasteiger partial charge is 0.238 e. The molecule has 1 aliphatic heterocycles. The number of hydrogen-bond acceptors (Lipinski definition) is 5. The molecular weight excluding hydrogens is 352 g/mol.